The molecule has 1 aliphatic rings. The summed E-state index contributed by atoms with van der Waals surface area (Å²) in [6.07, 6.45) is 1.06. The fourth-order valence-corrected chi connectivity index (χ4v) is 2.95. The fourth-order valence-electron chi connectivity index (χ4n) is 2.76. The third kappa shape index (κ3) is 3.19. The first-order valence-electron chi connectivity index (χ1n) is 7.30. The van der Waals surface area contributed by atoms with Crippen LogP contribution in [0, 0.1) is 5.92 Å². The van der Waals surface area contributed by atoms with E-state index < -0.39 is 11.5 Å². The van der Waals surface area contributed by atoms with Crippen molar-refractivity contribution in [2.24, 2.45) is 5.92 Å². The second-order valence-corrected chi connectivity index (χ2v) is 6.24. The van der Waals surface area contributed by atoms with Gasteiger partial charge in [-0.15, -0.1) is 0 Å². The predicted molar refractivity (Wildman–Crippen MR) is 88.3 cm³/mol. The van der Waals surface area contributed by atoms with Crippen LogP contribution in [0.15, 0.2) is 35.1 Å². The summed E-state index contributed by atoms with van der Waals surface area (Å²) in [6, 6.07) is 8.02. The van der Waals surface area contributed by atoms with Crippen LogP contribution in [0.25, 0.3) is 0 Å². The number of ketones is 1. The SMILES string of the molecule is CC1CC(=O)c2cc(C(=O)Nc3cccc(Cl)c3)c(=O)[nH]c2C1. The molecule has 23 heavy (non-hydrogen) atoms. The van der Waals surface area contributed by atoms with Crippen molar-refractivity contribution in [1.82, 2.24) is 4.98 Å². The van der Waals surface area contributed by atoms with Gasteiger partial charge >= 0.3 is 0 Å². The number of anilines is 1. The average molecular weight is 331 g/mol. The smallest absolute Gasteiger partial charge is 0.261 e. The van der Waals surface area contributed by atoms with E-state index in [-0.39, 0.29) is 17.3 Å². The van der Waals surface area contributed by atoms with Gasteiger partial charge in [0.15, 0.2) is 5.78 Å². The van der Waals surface area contributed by atoms with Crippen molar-refractivity contribution in [1.29, 1.82) is 0 Å². The molecule has 0 radical (unpaired) electrons. The molecule has 0 bridgehead atoms. The Morgan fingerprint density at radius 2 is 2.04 bits per heavy atom. The Hall–Kier alpha value is -2.40. The van der Waals surface area contributed by atoms with Gasteiger partial charge in [-0.05, 0) is 36.6 Å². The van der Waals surface area contributed by atoms with Gasteiger partial charge in [-0.1, -0.05) is 24.6 Å². The molecule has 0 saturated carbocycles. The minimum Gasteiger partial charge on any atom is -0.325 e. The molecule has 0 spiro atoms. The number of carbonyl (C=O) groups is 2. The summed E-state index contributed by atoms with van der Waals surface area (Å²) in [5.41, 5.74) is 0.952. The summed E-state index contributed by atoms with van der Waals surface area (Å²) in [4.78, 5) is 39.3. The lowest BCUT2D eigenvalue weighted by molar-refractivity contribution is 0.0952. The second-order valence-electron chi connectivity index (χ2n) is 5.81. The summed E-state index contributed by atoms with van der Waals surface area (Å²) in [7, 11) is 0. The summed E-state index contributed by atoms with van der Waals surface area (Å²) >= 11 is 5.87. The number of aromatic amines is 1. The summed E-state index contributed by atoms with van der Waals surface area (Å²) in [5.74, 6) is -0.425. The lowest BCUT2D eigenvalue weighted by Gasteiger charge is -2.20. The minimum absolute atomic E-state index is 0.0493. The number of pyridine rings is 1. The van der Waals surface area contributed by atoms with Crippen LogP contribution in [0.2, 0.25) is 5.02 Å². The number of fused-ring (bicyclic) bond motifs is 1. The highest BCUT2D eigenvalue weighted by Crippen LogP contribution is 2.23. The van der Waals surface area contributed by atoms with Crippen molar-refractivity contribution < 1.29 is 9.59 Å². The van der Waals surface area contributed by atoms with Gasteiger partial charge in [-0.25, -0.2) is 0 Å². The zero-order valence-corrected chi connectivity index (χ0v) is 13.2. The number of rotatable bonds is 2. The maximum atomic E-state index is 12.3. The average Bonchev–Trinajstić information content (AvgIpc) is 2.46. The Balaban J connectivity index is 1.94. The Labute approximate surface area is 137 Å². The van der Waals surface area contributed by atoms with Crippen molar-refractivity contribution in [3.8, 4) is 0 Å². The topological polar surface area (TPSA) is 79.0 Å². The van der Waals surface area contributed by atoms with E-state index in [0.717, 1.165) is 0 Å². The lowest BCUT2D eigenvalue weighted by atomic mass is 9.86. The van der Waals surface area contributed by atoms with E-state index >= 15 is 0 Å². The maximum absolute atomic E-state index is 12.3. The summed E-state index contributed by atoms with van der Waals surface area (Å²) in [5, 5.41) is 3.09. The van der Waals surface area contributed by atoms with Crippen LogP contribution in [-0.2, 0) is 6.42 Å². The molecule has 1 atom stereocenters. The number of Topliss-reactive ketones (excluding diaryl/α,β-unsaturated/α-hetero) is 1. The Bertz CT molecular complexity index is 857. The molecular weight excluding hydrogens is 316 g/mol. The van der Waals surface area contributed by atoms with Crippen molar-refractivity contribution in [2.45, 2.75) is 19.8 Å². The number of hydrogen-bond donors (Lipinski definition) is 2. The normalized spacial score (nSPS) is 16.8. The van der Waals surface area contributed by atoms with E-state index in [1.54, 1.807) is 24.3 Å². The summed E-state index contributed by atoms with van der Waals surface area (Å²) < 4.78 is 0. The number of carbonyl (C=O) groups excluding carboxylic acids is 2. The first kappa shape index (κ1) is 15.5. The molecule has 6 heteroatoms. The zero-order valence-electron chi connectivity index (χ0n) is 12.5. The molecule has 1 heterocycles. The van der Waals surface area contributed by atoms with E-state index in [2.05, 4.69) is 10.3 Å². The van der Waals surface area contributed by atoms with E-state index in [4.69, 9.17) is 11.6 Å². The third-order valence-electron chi connectivity index (χ3n) is 3.84. The third-order valence-corrected chi connectivity index (χ3v) is 4.07. The number of benzene rings is 1. The highest BCUT2D eigenvalue weighted by atomic mass is 35.5. The quantitative estimate of drug-likeness (QED) is 0.888. The van der Waals surface area contributed by atoms with E-state index in [1.807, 2.05) is 6.92 Å². The molecule has 3 rings (SSSR count). The highest BCUT2D eigenvalue weighted by molar-refractivity contribution is 6.31. The van der Waals surface area contributed by atoms with Crippen LogP contribution >= 0.6 is 11.6 Å². The molecule has 1 aromatic heterocycles. The van der Waals surface area contributed by atoms with Gasteiger partial charge < -0.3 is 10.3 Å². The van der Waals surface area contributed by atoms with Gasteiger partial charge in [0.05, 0.1) is 0 Å². The van der Waals surface area contributed by atoms with Gasteiger partial charge in [0.1, 0.15) is 5.56 Å². The molecule has 1 amide bonds. The maximum Gasteiger partial charge on any atom is 0.261 e. The van der Waals surface area contributed by atoms with Crippen LogP contribution in [0.1, 0.15) is 39.8 Å². The number of hydrogen-bond acceptors (Lipinski definition) is 3. The van der Waals surface area contributed by atoms with E-state index in [9.17, 15) is 14.4 Å². The van der Waals surface area contributed by atoms with Crippen molar-refractivity contribution in [3.05, 3.63) is 62.5 Å². The molecule has 2 aromatic rings. The largest absolute Gasteiger partial charge is 0.325 e. The first-order chi connectivity index (χ1) is 10.9. The molecule has 118 valence electrons. The van der Waals surface area contributed by atoms with Gasteiger partial charge in [0.2, 0.25) is 0 Å². The van der Waals surface area contributed by atoms with Crippen LogP contribution in [0.3, 0.4) is 0 Å². The standard InChI is InChI=1S/C17H15ClN2O3/c1-9-5-14-12(15(21)6-9)8-13(17(23)20-14)16(22)19-11-4-2-3-10(18)7-11/h2-4,7-9H,5-6H2,1H3,(H,19,22)(H,20,23). The van der Waals surface area contributed by atoms with Gasteiger partial charge in [-0.2, -0.15) is 0 Å². The molecule has 0 saturated heterocycles. The number of H-pyrrole nitrogens is 1. The molecule has 1 unspecified atom stereocenters. The van der Waals surface area contributed by atoms with Crippen LogP contribution in [-0.4, -0.2) is 16.7 Å². The number of halogens is 1. The van der Waals surface area contributed by atoms with Crippen molar-refractivity contribution in [2.75, 3.05) is 5.32 Å². The van der Waals surface area contributed by atoms with Crippen LogP contribution < -0.4 is 10.9 Å². The number of aromatic nitrogens is 1. The molecule has 0 aliphatic heterocycles. The van der Waals surface area contributed by atoms with Crippen molar-refractivity contribution in [3.63, 3.8) is 0 Å². The van der Waals surface area contributed by atoms with Gasteiger partial charge in [0, 0.05) is 28.4 Å². The van der Waals surface area contributed by atoms with Crippen LogP contribution in [0.4, 0.5) is 5.69 Å². The predicted octanol–water partition coefficient (Wildman–Crippen LogP) is 3.05. The number of nitrogens with one attached hydrogen (secondary N) is 2. The monoisotopic (exact) mass is 330 g/mol. The summed E-state index contributed by atoms with van der Waals surface area (Å²) in [6.45, 7) is 1.96. The first-order valence-corrected chi connectivity index (χ1v) is 7.68. The highest BCUT2D eigenvalue weighted by Gasteiger charge is 2.25. The Kier molecular flexibility index (Phi) is 4.05. The zero-order chi connectivity index (χ0) is 16.6. The molecule has 0 fully saturated rings. The van der Waals surface area contributed by atoms with Gasteiger partial charge in [0.25, 0.3) is 11.5 Å². The number of amides is 1. The minimum atomic E-state index is -0.567. The lowest BCUT2D eigenvalue weighted by Crippen LogP contribution is -2.29. The molecule has 5 nitrogen and oxygen atoms in total. The fraction of sp³-hybridized carbons (Fsp3) is 0.235. The Morgan fingerprint density at radius 3 is 2.78 bits per heavy atom. The van der Waals surface area contributed by atoms with Crippen molar-refractivity contribution >= 4 is 29.0 Å². The second kappa shape index (κ2) is 6.01. The molecule has 1 aromatic carbocycles. The van der Waals surface area contributed by atoms with Gasteiger partial charge in [-0.3, -0.25) is 14.4 Å². The molecular formula is C17H15ClN2O3. The van der Waals surface area contributed by atoms with E-state index in [0.29, 0.717) is 34.8 Å². The Morgan fingerprint density at radius 1 is 1.26 bits per heavy atom. The van der Waals surface area contributed by atoms with Crippen LogP contribution in [0.5, 0.6) is 0 Å². The van der Waals surface area contributed by atoms with E-state index in [1.165, 1.54) is 6.07 Å². The molecule has 2 N–H and O–H groups in total. The molecule has 1 aliphatic carbocycles.